The zero-order chi connectivity index (χ0) is 10.2. The van der Waals surface area contributed by atoms with Crippen molar-refractivity contribution in [3.05, 3.63) is 0 Å². The summed E-state index contributed by atoms with van der Waals surface area (Å²) in [5.74, 6) is 0. The van der Waals surface area contributed by atoms with Crippen molar-refractivity contribution in [1.29, 1.82) is 15.8 Å². The molecule has 0 aromatic rings. The summed E-state index contributed by atoms with van der Waals surface area (Å²) in [6, 6.07) is 6.24. The summed E-state index contributed by atoms with van der Waals surface area (Å²) in [4.78, 5) is 0. The summed E-state index contributed by atoms with van der Waals surface area (Å²) in [6.45, 7) is 0. The molecule has 3 nitrogen and oxygen atoms in total. The molecule has 0 bridgehead atoms. The quantitative estimate of drug-likeness (QED) is 0.671. The number of hydrogen-bond acceptors (Lipinski definition) is 4. The number of thioether (sulfide) groups is 1. The lowest BCUT2D eigenvalue weighted by molar-refractivity contribution is 0.622. The van der Waals surface area contributed by atoms with Crippen molar-refractivity contribution >= 4 is 11.8 Å². The highest BCUT2D eigenvalue weighted by molar-refractivity contribution is 8.00. The van der Waals surface area contributed by atoms with E-state index in [1.807, 2.05) is 18.4 Å². The Bertz CT molecular complexity index is 248. The van der Waals surface area contributed by atoms with Gasteiger partial charge in [-0.25, -0.2) is 0 Å². The van der Waals surface area contributed by atoms with Gasteiger partial charge in [0.1, 0.15) is 4.75 Å². The molecule has 0 radical (unpaired) electrons. The van der Waals surface area contributed by atoms with Crippen LogP contribution in [0.5, 0.6) is 0 Å². The highest BCUT2D eigenvalue weighted by Crippen LogP contribution is 2.32. The normalized spacial score (nSPS) is 9.69. The van der Waals surface area contributed by atoms with Gasteiger partial charge < -0.3 is 0 Å². The van der Waals surface area contributed by atoms with Gasteiger partial charge in [0.15, 0.2) is 0 Å². The number of hydrogen-bond donors (Lipinski definition) is 0. The molecule has 0 saturated heterocycles. The van der Waals surface area contributed by atoms with E-state index in [1.54, 1.807) is 0 Å². The molecule has 0 spiro atoms. The Morgan fingerprint density at radius 2 is 1.54 bits per heavy atom. The van der Waals surface area contributed by atoms with E-state index in [1.165, 1.54) is 11.8 Å². The van der Waals surface area contributed by atoms with Gasteiger partial charge in [-0.2, -0.15) is 15.8 Å². The largest absolute Gasteiger partial charge is 0.198 e. The molecule has 0 unspecified atom stereocenters. The maximum atomic E-state index is 8.94. The van der Waals surface area contributed by atoms with Crippen molar-refractivity contribution in [1.82, 2.24) is 0 Å². The predicted octanol–water partition coefficient (Wildman–Crippen LogP) is 2.22. The monoisotopic (exact) mass is 193 g/mol. The minimum atomic E-state index is -0.536. The lowest BCUT2D eigenvalue weighted by Gasteiger charge is -2.21. The van der Waals surface area contributed by atoms with Crippen molar-refractivity contribution in [2.75, 3.05) is 6.26 Å². The van der Waals surface area contributed by atoms with Crippen LogP contribution in [-0.2, 0) is 0 Å². The molecule has 0 aromatic carbocycles. The first-order valence-electron chi connectivity index (χ1n) is 3.95. The molecule has 0 saturated carbocycles. The summed E-state index contributed by atoms with van der Waals surface area (Å²) < 4.78 is -0.536. The maximum absolute atomic E-state index is 8.94. The average molecular weight is 193 g/mol. The predicted molar refractivity (Wildman–Crippen MR) is 51.6 cm³/mol. The Morgan fingerprint density at radius 1 is 1.08 bits per heavy atom. The molecule has 0 N–H and O–H groups in total. The second-order valence-corrected chi connectivity index (χ2v) is 3.82. The van der Waals surface area contributed by atoms with Crippen LogP contribution in [0.3, 0.4) is 0 Å². The summed E-state index contributed by atoms with van der Waals surface area (Å²) in [7, 11) is 0. The molecule has 0 rings (SSSR count). The van der Waals surface area contributed by atoms with E-state index in [0.717, 1.165) is 0 Å². The summed E-state index contributed by atoms with van der Waals surface area (Å²) in [5.41, 5.74) is 0. The Kier molecular flexibility index (Phi) is 5.77. The zero-order valence-electron chi connectivity index (χ0n) is 7.58. The second kappa shape index (κ2) is 6.35. The number of rotatable bonds is 5. The number of nitriles is 3. The lowest BCUT2D eigenvalue weighted by atomic mass is 9.99. The van der Waals surface area contributed by atoms with Crippen LogP contribution in [0.15, 0.2) is 0 Å². The van der Waals surface area contributed by atoms with E-state index in [-0.39, 0.29) is 0 Å². The van der Waals surface area contributed by atoms with Crippen LogP contribution < -0.4 is 0 Å². The van der Waals surface area contributed by atoms with Crippen LogP contribution in [0, 0.1) is 34.0 Å². The Morgan fingerprint density at radius 3 is 1.77 bits per heavy atom. The maximum Gasteiger partial charge on any atom is 0.104 e. The van der Waals surface area contributed by atoms with Gasteiger partial charge in [-0.05, 0) is 19.1 Å². The summed E-state index contributed by atoms with van der Waals surface area (Å²) in [6.07, 6.45) is 3.68. The minimum Gasteiger partial charge on any atom is -0.198 e. The minimum absolute atomic E-state index is 0.375. The van der Waals surface area contributed by atoms with Gasteiger partial charge in [0.2, 0.25) is 0 Å². The fourth-order valence-electron chi connectivity index (χ4n) is 1.00. The highest BCUT2D eigenvalue weighted by atomic mass is 32.2. The standard InChI is InChI=1S/C9H11N3S/c1-13-9(8-12,4-2-6-10)5-3-7-11/h2-5H2,1H3. The third kappa shape index (κ3) is 3.83. The van der Waals surface area contributed by atoms with Crippen LogP contribution in [0.4, 0.5) is 0 Å². The first kappa shape index (κ1) is 11.8. The molecule has 0 aliphatic carbocycles. The Hall–Kier alpha value is -1.18. The first-order valence-corrected chi connectivity index (χ1v) is 5.17. The molecule has 4 heteroatoms. The molecule has 68 valence electrons. The molecule has 0 heterocycles. The van der Waals surface area contributed by atoms with E-state index < -0.39 is 4.75 Å². The third-order valence-electron chi connectivity index (χ3n) is 1.88. The highest BCUT2D eigenvalue weighted by Gasteiger charge is 2.27. The van der Waals surface area contributed by atoms with Crippen molar-refractivity contribution in [3.63, 3.8) is 0 Å². The van der Waals surface area contributed by atoms with Crippen molar-refractivity contribution in [2.24, 2.45) is 0 Å². The van der Waals surface area contributed by atoms with Gasteiger partial charge in [0.05, 0.1) is 18.2 Å². The topological polar surface area (TPSA) is 71.4 Å². The average Bonchev–Trinajstić information content (AvgIpc) is 2.20. The third-order valence-corrected chi connectivity index (χ3v) is 3.16. The van der Waals surface area contributed by atoms with Crippen molar-refractivity contribution < 1.29 is 0 Å². The van der Waals surface area contributed by atoms with Crippen LogP contribution in [0.25, 0.3) is 0 Å². The van der Waals surface area contributed by atoms with Crippen LogP contribution in [0.1, 0.15) is 25.7 Å². The molecule has 0 aromatic heterocycles. The molecule has 13 heavy (non-hydrogen) atoms. The molecule has 0 atom stereocenters. The van der Waals surface area contributed by atoms with Gasteiger partial charge in [0, 0.05) is 12.8 Å². The van der Waals surface area contributed by atoms with Crippen LogP contribution >= 0.6 is 11.8 Å². The molecule has 0 fully saturated rings. The smallest absolute Gasteiger partial charge is 0.104 e. The zero-order valence-corrected chi connectivity index (χ0v) is 8.39. The van der Waals surface area contributed by atoms with E-state index in [9.17, 15) is 0 Å². The van der Waals surface area contributed by atoms with Crippen LogP contribution in [-0.4, -0.2) is 11.0 Å². The van der Waals surface area contributed by atoms with Gasteiger partial charge in [-0.15, -0.1) is 11.8 Å². The molecule has 0 amide bonds. The molecule has 0 aliphatic heterocycles. The van der Waals surface area contributed by atoms with Crippen molar-refractivity contribution in [2.45, 2.75) is 30.4 Å². The van der Waals surface area contributed by atoms with Gasteiger partial charge in [-0.1, -0.05) is 0 Å². The molecule has 0 aliphatic rings. The van der Waals surface area contributed by atoms with E-state index in [0.29, 0.717) is 25.7 Å². The summed E-state index contributed by atoms with van der Waals surface area (Å²) in [5, 5.41) is 25.8. The molecular weight excluding hydrogens is 182 g/mol. The van der Waals surface area contributed by atoms with Crippen LogP contribution in [0.2, 0.25) is 0 Å². The number of nitrogens with zero attached hydrogens (tertiary/aromatic N) is 3. The van der Waals surface area contributed by atoms with Gasteiger partial charge >= 0.3 is 0 Å². The fourth-order valence-corrected chi connectivity index (χ4v) is 1.71. The molecular formula is C9H11N3S. The van der Waals surface area contributed by atoms with E-state index in [2.05, 4.69) is 6.07 Å². The second-order valence-electron chi connectivity index (χ2n) is 2.63. The van der Waals surface area contributed by atoms with Crippen molar-refractivity contribution in [3.8, 4) is 18.2 Å². The Labute approximate surface area is 83.0 Å². The van der Waals surface area contributed by atoms with E-state index >= 15 is 0 Å². The SMILES string of the molecule is CSC(C#N)(CCC#N)CCC#N. The van der Waals surface area contributed by atoms with Gasteiger partial charge in [-0.3, -0.25) is 0 Å². The summed E-state index contributed by atoms with van der Waals surface area (Å²) >= 11 is 1.43. The Balaban J connectivity index is 4.27. The lowest BCUT2D eigenvalue weighted by Crippen LogP contribution is -2.21. The van der Waals surface area contributed by atoms with Gasteiger partial charge in [0.25, 0.3) is 0 Å². The van der Waals surface area contributed by atoms with E-state index in [4.69, 9.17) is 15.8 Å². The first-order chi connectivity index (χ1) is 6.24. The fraction of sp³-hybridized carbons (Fsp3) is 0.667.